The first kappa shape index (κ1) is 20.0. The fourth-order valence-electron chi connectivity index (χ4n) is 2.36. The molecule has 6 heteroatoms. The van der Waals surface area contributed by atoms with Crippen LogP contribution in [0, 0.1) is 5.92 Å². The van der Waals surface area contributed by atoms with Crippen LogP contribution in [0.25, 0.3) is 0 Å². The molecular weight excluding hydrogens is 282 g/mol. The Morgan fingerprint density at radius 3 is 2.45 bits per heavy atom. The van der Waals surface area contributed by atoms with E-state index in [2.05, 4.69) is 22.0 Å². The second-order valence-corrected chi connectivity index (χ2v) is 4.80. The molecule has 1 rings (SSSR count). The maximum atomic E-state index is 11.7. The van der Waals surface area contributed by atoms with Crippen molar-refractivity contribution in [1.82, 2.24) is 5.32 Å². The zero-order chi connectivity index (χ0) is 16.8. The highest BCUT2D eigenvalue weighted by Crippen LogP contribution is 2.26. The van der Waals surface area contributed by atoms with Crippen LogP contribution in [0.2, 0.25) is 0 Å². The smallest absolute Gasteiger partial charge is 0.326 e. The van der Waals surface area contributed by atoms with Crippen LogP contribution in [0.3, 0.4) is 0 Å². The molecule has 0 aromatic rings. The van der Waals surface area contributed by atoms with Crippen molar-refractivity contribution >= 4 is 24.8 Å². The predicted molar refractivity (Wildman–Crippen MR) is 89.3 cm³/mol. The second kappa shape index (κ2) is 12.7. The Hall–Kier alpha value is -1.98. The molecule has 0 saturated heterocycles. The SMILES string of the molecule is C=N/C=C\N=CCC(=O)NC(C(=O)O)C1CCCCC1.CC. The molecule has 1 aliphatic rings. The molecule has 1 aliphatic carbocycles. The molecule has 1 amide bonds. The molecule has 0 aromatic carbocycles. The van der Waals surface area contributed by atoms with Crippen molar-refractivity contribution in [2.75, 3.05) is 0 Å². The summed E-state index contributed by atoms with van der Waals surface area (Å²) in [6.45, 7) is 7.25. The Kier molecular flexibility index (Phi) is 11.6. The Balaban J connectivity index is 0.00000211. The fraction of sp³-hybridized carbons (Fsp3) is 0.625. The van der Waals surface area contributed by atoms with Crippen LogP contribution in [0.1, 0.15) is 52.4 Å². The fourth-order valence-corrected chi connectivity index (χ4v) is 2.36. The van der Waals surface area contributed by atoms with Gasteiger partial charge in [-0.25, -0.2) is 4.79 Å². The van der Waals surface area contributed by atoms with Crippen LogP contribution in [0.15, 0.2) is 22.4 Å². The van der Waals surface area contributed by atoms with E-state index in [1.54, 1.807) is 0 Å². The number of aliphatic carboxylic acids is 1. The molecule has 6 nitrogen and oxygen atoms in total. The average molecular weight is 309 g/mol. The van der Waals surface area contributed by atoms with Crippen LogP contribution in [-0.2, 0) is 9.59 Å². The van der Waals surface area contributed by atoms with Gasteiger partial charge in [-0.2, -0.15) is 0 Å². The maximum Gasteiger partial charge on any atom is 0.326 e. The van der Waals surface area contributed by atoms with Gasteiger partial charge in [-0.3, -0.25) is 14.8 Å². The van der Waals surface area contributed by atoms with Gasteiger partial charge in [-0.15, -0.1) is 0 Å². The Morgan fingerprint density at radius 2 is 1.91 bits per heavy atom. The molecule has 0 aliphatic heterocycles. The molecule has 124 valence electrons. The number of carboxylic acid groups (broad SMARTS) is 1. The molecule has 0 radical (unpaired) electrons. The first-order valence-corrected chi connectivity index (χ1v) is 7.79. The highest BCUT2D eigenvalue weighted by Gasteiger charge is 2.30. The lowest BCUT2D eigenvalue weighted by molar-refractivity contribution is -0.143. The van der Waals surface area contributed by atoms with Crippen LogP contribution in [0.5, 0.6) is 0 Å². The van der Waals surface area contributed by atoms with Gasteiger partial charge in [0.05, 0.1) is 6.42 Å². The van der Waals surface area contributed by atoms with Crippen LogP contribution in [-0.4, -0.2) is 36.0 Å². The molecule has 0 aromatic heterocycles. The number of carbonyl (C=O) groups is 2. The molecule has 0 heterocycles. The summed E-state index contributed by atoms with van der Waals surface area (Å²) in [5.74, 6) is -1.25. The quantitative estimate of drug-likeness (QED) is 0.708. The second-order valence-electron chi connectivity index (χ2n) is 4.80. The molecule has 1 unspecified atom stereocenters. The van der Waals surface area contributed by atoms with Gasteiger partial charge in [0.2, 0.25) is 5.91 Å². The van der Waals surface area contributed by atoms with Crippen molar-refractivity contribution in [3.8, 4) is 0 Å². The number of nitrogens with one attached hydrogen (secondary N) is 1. The highest BCUT2D eigenvalue weighted by atomic mass is 16.4. The number of aliphatic imine (C=N–C) groups is 2. The lowest BCUT2D eigenvalue weighted by Crippen LogP contribution is -2.46. The largest absolute Gasteiger partial charge is 0.480 e. The molecule has 0 spiro atoms. The van der Waals surface area contributed by atoms with Crippen molar-refractivity contribution in [3.63, 3.8) is 0 Å². The number of hydrogen-bond donors (Lipinski definition) is 2. The summed E-state index contributed by atoms with van der Waals surface area (Å²) in [5, 5.41) is 11.8. The lowest BCUT2D eigenvalue weighted by atomic mass is 9.84. The highest BCUT2D eigenvalue weighted by molar-refractivity contribution is 5.92. The third kappa shape index (κ3) is 8.34. The maximum absolute atomic E-state index is 11.7. The minimum absolute atomic E-state index is 0.0343. The number of amides is 1. The topological polar surface area (TPSA) is 91.1 Å². The molecule has 0 bridgehead atoms. The van der Waals surface area contributed by atoms with Gasteiger partial charge in [-0.1, -0.05) is 33.1 Å². The normalized spacial score (nSPS) is 16.8. The van der Waals surface area contributed by atoms with E-state index in [4.69, 9.17) is 0 Å². The van der Waals surface area contributed by atoms with Gasteiger partial charge in [0, 0.05) is 18.6 Å². The van der Waals surface area contributed by atoms with Crippen molar-refractivity contribution in [1.29, 1.82) is 0 Å². The first-order valence-electron chi connectivity index (χ1n) is 7.79. The van der Waals surface area contributed by atoms with E-state index >= 15 is 0 Å². The number of nitrogens with zero attached hydrogens (tertiary/aromatic N) is 2. The third-order valence-electron chi connectivity index (χ3n) is 3.34. The summed E-state index contributed by atoms with van der Waals surface area (Å²) in [5.41, 5.74) is 0. The molecule has 1 atom stereocenters. The number of hydrogen-bond acceptors (Lipinski definition) is 4. The van der Waals surface area contributed by atoms with Crippen LogP contribution >= 0.6 is 0 Å². The molecular formula is C16H27N3O3. The van der Waals surface area contributed by atoms with Gasteiger partial charge in [-0.05, 0) is 25.5 Å². The molecule has 22 heavy (non-hydrogen) atoms. The first-order chi connectivity index (χ1) is 10.6. The van der Waals surface area contributed by atoms with E-state index in [0.717, 1.165) is 32.1 Å². The van der Waals surface area contributed by atoms with E-state index in [9.17, 15) is 14.7 Å². The van der Waals surface area contributed by atoms with Crippen molar-refractivity contribution in [3.05, 3.63) is 12.4 Å². The zero-order valence-electron chi connectivity index (χ0n) is 13.5. The number of carbonyl (C=O) groups excluding carboxylic acids is 1. The molecule has 1 fully saturated rings. The van der Waals surface area contributed by atoms with Gasteiger partial charge >= 0.3 is 5.97 Å². The van der Waals surface area contributed by atoms with Gasteiger partial charge < -0.3 is 10.4 Å². The number of rotatable bonds is 7. The molecule has 1 saturated carbocycles. The van der Waals surface area contributed by atoms with Crippen LogP contribution < -0.4 is 5.32 Å². The van der Waals surface area contributed by atoms with Crippen molar-refractivity contribution in [2.45, 2.75) is 58.4 Å². The van der Waals surface area contributed by atoms with Gasteiger partial charge in [0.1, 0.15) is 6.04 Å². The van der Waals surface area contributed by atoms with E-state index in [-0.39, 0.29) is 18.2 Å². The van der Waals surface area contributed by atoms with E-state index in [0.29, 0.717) is 0 Å². The predicted octanol–water partition coefficient (Wildman–Crippen LogP) is 2.80. The molecule has 2 N–H and O–H groups in total. The van der Waals surface area contributed by atoms with Gasteiger partial charge in [0.25, 0.3) is 0 Å². The summed E-state index contributed by atoms with van der Waals surface area (Å²) < 4.78 is 0. The zero-order valence-corrected chi connectivity index (χ0v) is 13.5. The average Bonchev–Trinajstić information content (AvgIpc) is 2.55. The van der Waals surface area contributed by atoms with Crippen molar-refractivity contribution in [2.24, 2.45) is 15.9 Å². The Bertz CT molecular complexity index is 399. The van der Waals surface area contributed by atoms with Crippen molar-refractivity contribution < 1.29 is 14.7 Å². The third-order valence-corrected chi connectivity index (χ3v) is 3.34. The van der Waals surface area contributed by atoms with E-state index in [1.165, 1.54) is 18.6 Å². The standard InChI is InChI=1S/C14H21N3O3.C2H6/c1-15-9-10-16-8-7-12(18)17-13(14(19)20)11-5-3-2-4-6-11;1-2/h8-11,13H,1-7H2,(H,17,18)(H,19,20);1-2H3/b10-9-,16-8?;. The van der Waals surface area contributed by atoms with Gasteiger partial charge in [0.15, 0.2) is 0 Å². The minimum atomic E-state index is -0.960. The van der Waals surface area contributed by atoms with Crippen LogP contribution in [0.4, 0.5) is 0 Å². The Labute approximate surface area is 132 Å². The monoisotopic (exact) mass is 309 g/mol. The summed E-state index contributed by atoms with van der Waals surface area (Å²) in [7, 11) is 0. The minimum Gasteiger partial charge on any atom is -0.480 e. The van der Waals surface area contributed by atoms with E-state index < -0.39 is 12.0 Å². The van der Waals surface area contributed by atoms with E-state index in [1.807, 2.05) is 13.8 Å². The summed E-state index contributed by atoms with van der Waals surface area (Å²) in [6, 6.07) is -0.790. The Morgan fingerprint density at radius 1 is 1.27 bits per heavy atom. The summed E-state index contributed by atoms with van der Waals surface area (Å²) in [4.78, 5) is 30.3. The number of carboxylic acids is 1. The lowest BCUT2D eigenvalue weighted by Gasteiger charge is -2.27. The summed E-state index contributed by atoms with van der Waals surface area (Å²) >= 11 is 0. The summed E-state index contributed by atoms with van der Waals surface area (Å²) in [6.07, 6.45) is 9.21.